The number of H-pyrrole nitrogens is 1. The maximum atomic E-state index is 13.8. The molecule has 2 aliphatic rings. The molecule has 220 valence electrons. The molecule has 10 heteroatoms. The van der Waals surface area contributed by atoms with Crippen LogP contribution in [-0.2, 0) is 14.3 Å². The average molecular weight is 573 g/mol. The molecule has 0 radical (unpaired) electrons. The van der Waals surface area contributed by atoms with Gasteiger partial charge in [-0.05, 0) is 55.5 Å². The van der Waals surface area contributed by atoms with E-state index in [2.05, 4.69) is 4.98 Å². The summed E-state index contributed by atoms with van der Waals surface area (Å²) in [4.78, 5) is 43.6. The summed E-state index contributed by atoms with van der Waals surface area (Å²) in [7, 11) is 0. The first-order valence-electron chi connectivity index (χ1n) is 14.6. The van der Waals surface area contributed by atoms with Gasteiger partial charge in [0.25, 0.3) is 5.91 Å². The average Bonchev–Trinajstić information content (AvgIpc) is 3.56. The molecule has 2 aromatic carbocycles. The van der Waals surface area contributed by atoms with Gasteiger partial charge in [0.05, 0.1) is 23.2 Å². The third-order valence-electron chi connectivity index (χ3n) is 8.35. The number of imidazole rings is 1. The number of ether oxygens (including phenoxy) is 2. The van der Waals surface area contributed by atoms with Crippen molar-refractivity contribution in [2.45, 2.75) is 57.3 Å². The number of aromatic amines is 1. The van der Waals surface area contributed by atoms with E-state index in [0.717, 1.165) is 27.5 Å². The number of nitrogens with one attached hydrogen (secondary N) is 1. The minimum absolute atomic E-state index is 0.00739. The van der Waals surface area contributed by atoms with Crippen molar-refractivity contribution in [1.29, 1.82) is 0 Å². The van der Waals surface area contributed by atoms with Crippen molar-refractivity contribution in [3.8, 4) is 0 Å². The number of likely N-dealkylation sites (tertiary alicyclic amines) is 1. The number of carbonyl (C=O) groups excluding carboxylic acids is 2. The Bertz CT molecular complexity index is 1690. The summed E-state index contributed by atoms with van der Waals surface area (Å²) in [6, 6.07) is 15.4. The van der Waals surface area contributed by atoms with Crippen molar-refractivity contribution in [3.05, 3.63) is 82.6 Å². The van der Waals surface area contributed by atoms with Gasteiger partial charge in [-0.1, -0.05) is 30.3 Å². The Balaban J connectivity index is 1.24. The molecule has 1 amide bonds. The molecule has 1 fully saturated rings. The Kier molecular flexibility index (Phi) is 7.99. The Morgan fingerprint density at radius 2 is 1.79 bits per heavy atom. The maximum absolute atomic E-state index is 13.8. The van der Waals surface area contributed by atoms with E-state index in [1.807, 2.05) is 65.4 Å². The number of para-hydroxylation sites is 3. The molecule has 1 saturated heterocycles. The monoisotopic (exact) mass is 572 g/mol. The molecule has 0 saturated carbocycles. The highest BCUT2D eigenvalue weighted by Crippen LogP contribution is 2.37. The summed E-state index contributed by atoms with van der Waals surface area (Å²) < 4.78 is 15.6. The summed E-state index contributed by atoms with van der Waals surface area (Å²) >= 11 is 0. The lowest BCUT2D eigenvalue weighted by Gasteiger charge is -2.35. The number of piperidine rings is 1. The van der Waals surface area contributed by atoms with Crippen LogP contribution in [0.3, 0.4) is 0 Å². The number of benzene rings is 2. The largest absolute Gasteiger partial charge is 0.459 e. The standard InChI is InChI=1S/C32H36N4O6/c1-21(38)35-20-25(24-8-2-4-10-27(24)35)22-18-29(42-30(19-22)41-17-7-6-16-37)31(39)34-14-12-23(13-15-34)36-28-11-5-3-9-26(28)33-32(36)40/h2-5,8-11,18,20,22-23,30,37H,6-7,12-17,19H2,1H3,(H,33,40)/t22-,30+/m0/s1. The van der Waals surface area contributed by atoms with Crippen molar-refractivity contribution in [1.82, 2.24) is 19.0 Å². The van der Waals surface area contributed by atoms with Crippen LogP contribution in [0.5, 0.6) is 0 Å². The number of fused-ring (bicyclic) bond motifs is 2. The number of hydrogen-bond donors (Lipinski definition) is 2. The molecule has 4 aromatic rings. The van der Waals surface area contributed by atoms with Crippen molar-refractivity contribution in [2.75, 3.05) is 26.3 Å². The number of rotatable bonds is 8. The molecule has 6 rings (SSSR count). The van der Waals surface area contributed by atoms with E-state index in [4.69, 9.17) is 14.6 Å². The van der Waals surface area contributed by atoms with Crippen LogP contribution in [0, 0.1) is 0 Å². The number of carbonyl (C=O) groups is 2. The number of amides is 1. The van der Waals surface area contributed by atoms with Gasteiger partial charge < -0.3 is 24.5 Å². The number of allylic oxidation sites excluding steroid dienone is 1. The van der Waals surface area contributed by atoms with E-state index >= 15 is 0 Å². The smallest absolute Gasteiger partial charge is 0.326 e. The summed E-state index contributed by atoms with van der Waals surface area (Å²) in [6.45, 7) is 3.01. The van der Waals surface area contributed by atoms with Crippen LogP contribution < -0.4 is 5.69 Å². The van der Waals surface area contributed by atoms with Gasteiger partial charge in [-0.15, -0.1) is 0 Å². The normalized spacial score (nSPS) is 19.7. The van der Waals surface area contributed by atoms with Crippen molar-refractivity contribution < 1.29 is 24.2 Å². The zero-order valence-electron chi connectivity index (χ0n) is 23.7. The first-order valence-corrected chi connectivity index (χ1v) is 14.6. The molecule has 10 nitrogen and oxygen atoms in total. The minimum atomic E-state index is -0.639. The molecule has 0 bridgehead atoms. The Hall–Kier alpha value is -4.15. The Morgan fingerprint density at radius 1 is 1.05 bits per heavy atom. The van der Waals surface area contributed by atoms with Gasteiger partial charge in [0, 0.05) is 56.6 Å². The highest BCUT2D eigenvalue weighted by Gasteiger charge is 2.34. The second-order valence-corrected chi connectivity index (χ2v) is 11.1. The van der Waals surface area contributed by atoms with Gasteiger partial charge in [0.1, 0.15) is 0 Å². The molecule has 2 aliphatic heterocycles. The number of nitrogens with zero attached hydrogens (tertiary/aromatic N) is 3. The molecule has 4 heterocycles. The van der Waals surface area contributed by atoms with Crippen LogP contribution in [0.2, 0.25) is 0 Å². The second kappa shape index (κ2) is 12.0. The quantitative estimate of drug-likeness (QED) is 0.304. The van der Waals surface area contributed by atoms with E-state index in [-0.39, 0.29) is 41.8 Å². The number of hydrogen-bond acceptors (Lipinski definition) is 6. The summed E-state index contributed by atoms with van der Waals surface area (Å²) in [5.74, 6) is -0.253. The summed E-state index contributed by atoms with van der Waals surface area (Å²) in [6.07, 6.45) is 6.17. The summed E-state index contributed by atoms with van der Waals surface area (Å²) in [5.41, 5.74) is 3.31. The van der Waals surface area contributed by atoms with Crippen molar-refractivity contribution >= 4 is 33.8 Å². The summed E-state index contributed by atoms with van der Waals surface area (Å²) in [5, 5.41) is 10.1. The zero-order chi connectivity index (χ0) is 29.2. The number of aliphatic hydroxyl groups is 1. The van der Waals surface area contributed by atoms with Crippen LogP contribution in [0.25, 0.3) is 21.9 Å². The molecule has 2 N–H and O–H groups in total. The van der Waals surface area contributed by atoms with Gasteiger partial charge in [-0.3, -0.25) is 18.7 Å². The number of unbranched alkanes of at least 4 members (excludes halogenated alkanes) is 1. The van der Waals surface area contributed by atoms with Gasteiger partial charge >= 0.3 is 5.69 Å². The fourth-order valence-electron chi connectivity index (χ4n) is 6.24. The third-order valence-corrected chi connectivity index (χ3v) is 8.35. The van der Waals surface area contributed by atoms with Gasteiger partial charge in [-0.2, -0.15) is 0 Å². The molecular weight excluding hydrogens is 536 g/mol. The fourth-order valence-corrected chi connectivity index (χ4v) is 6.24. The van der Waals surface area contributed by atoms with Crippen molar-refractivity contribution in [3.63, 3.8) is 0 Å². The molecule has 0 spiro atoms. The molecule has 0 aliphatic carbocycles. The topological polar surface area (TPSA) is 119 Å². The molecule has 2 atom stereocenters. The Morgan fingerprint density at radius 3 is 2.55 bits per heavy atom. The van der Waals surface area contributed by atoms with Crippen LogP contribution in [0.1, 0.15) is 61.3 Å². The van der Waals surface area contributed by atoms with E-state index < -0.39 is 6.29 Å². The first kappa shape index (κ1) is 28.0. The van der Waals surface area contributed by atoms with Crippen molar-refractivity contribution in [2.24, 2.45) is 0 Å². The minimum Gasteiger partial charge on any atom is -0.459 e. The molecular formula is C32H36N4O6. The van der Waals surface area contributed by atoms with Crippen LogP contribution in [0.15, 0.2) is 71.4 Å². The number of aliphatic hydroxyl groups excluding tert-OH is 1. The highest BCUT2D eigenvalue weighted by atomic mass is 16.7. The van der Waals surface area contributed by atoms with E-state index in [1.54, 1.807) is 9.47 Å². The Labute approximate surface area is 243 Å². The maximum Gasteiger partial charge on any atom is 0.326 e. The zero-order valence-corrected chi connectivity index (χ0v) is 23.7. The van der Waals surface area contributed by atoms with E-state index in [9.17, 15) is 14.4 Å². The van der Waals surface area contributed by atoms with Gasteiger partial charge in [-0.25, -0.2) is 4.79 Å². The van der Waals surface area contributed by atoms with Gasteiger partial charge in [0.15, 0.2) is 5.76 Å². The van der Waals surface area contributed by atoms with E-state index in [0.29, 0.717) is 51.8 Å². The molecule has 42 heavy (non-hydrogen) atoms. The fraction of sp³-hybridized carbons (Fsp3) is 0.406. The lowest BCUT2D eigenvalue weighted by molar-refractivity contribution is -0.153. The van der Waals surface area contributed by atoms with Crippen LogP contribution in [-0.4, -0.2) is 68.5 Å². The predicted molar refractivity (Wildman–Crippen MR) is 158 cm³/mol. The molecule has 0 unspecified atom stereocenters. The number of aromatic nitrogens is 3. The van der Waals surface area contributed by atoms with Gasteiger partial charge in [0.2, 0.25) is 12.2 Å². The SMILES string of the molecule is CC(=O)n1cc([C@H]2C=C(C(=O)N3CCC(n4c(=O)[nH]c5ccccc54)CC3)O[C@@H](OCCCCO)C2)c2ccccc21. The third kappa shape index (κ3) is 5.39. The van der Waals surface area contributed by atoms with E-state index in [1.165, 1.54) is 6.92 Å². The second-order valence-electron chi connectivity index (χ2n) is 11.1. The molecule has 2 aromatic heterocycles. The lowest BCUT2D eigenvalue weighted by atomic mass is 9.92. The lowest BCUT2D eigenvalue weighted by Crippen LogP contribution is -2.42. The first-order chi connectivity index (χ1) is 20.4. The van der Waals surface area contributed by atoms with Crippen LogP contribution >= 0.6 is 0 Å². The predicted octanol–water partition coefficient (Wildman–Crippen LogP) is 4.31. The highest BCUT2D eigenvalue weighted by molar-refractivity contribution is 5.95. The van der Waals surface area contributed by atoms with Crippen LogP contribution in [0.4, 0.5) is 0 Å².